The maximum absolute atomic E-state index is 13.2. The summed E-state index contributed by atoms with van der Waals surface area (Å²) in [6.07, 6.45) is 4.22. The van der Waals surface area contributed by atoms with Crippen molar-refractivity contribution in [3.05, 3.63) is 100 Å². The van der Waals surface area contributed by atoms with Gasteiger partial charge >= 0.3 is 0 Å². The molecule has 1 aliphatic heterocycles. The molecule has 6 heteroatoms. The fraction of sp³-hybridized carbons (Fsp3) is 0.250. The minimum absolute atomic E-state index is 0.0862. The van der Waals surface area contributed by atoms with E-state index in [1.165, 1.54) is 4.90 Å². The summed E-state index contributed by atoms with van der Waals surface area (Å²) in [6.45, 7) is 6.65. The number of amides is 1. The lowest BCUT2D eigenvalue weighted by Gasteiger charge is -2.25. The molecular weight excluding hydrogens is 428 g/mol. The number of ketones is 1. The molecule has 0 spiro atoms. The van der Waals surface area contributed by atoms with E-state index in [2.05, 4.69) is 4.98 Å². The molecule has 1 N–H and O–H groups in total. The second-order valence-corrected chi connectivity index (χ2v) is 8.52. The van der Waals surface area contributed by atoms with E-state index in [9.17, 15) is 14.7 Å². The van der Waals surface area contributed by atoms with Crippen LogP contribution in [0.3, 0.4) is 0 Å². The molecule has 2 heterocycles. The van der Waals surface area contributed by atoms with Gasteiger partial charge in [-0.15, -0.1) is 0 Å². The first-order valence-electron chi connectivity index (χ1n) is 11.4. The lowest BCUT2D eigenvalue weighted by Crippen LogP contribution is -2.29. The van der Waals surface area contributed by atoms with Crippen LogP contribution in [0.5, 0.6) is 5.75 Å². The number of aryl methyl sites for hydroxylation is 2. The standard InChI is InChI=1S/C28H28N2O4/c1-4-14-34-22-11-12-23(19(3)15-22)26(31)24-25(21-9-7-18(2)8-10-21)30(28(33)27(24)32)17-20-6-5-13-29-16-20/h5-13,15-16,25,31H,4,14,17H2,1-3H3/b26-24-. The maximum Gasteiger partial charge on any atom is 0.295 e. The Labute approximate surface area is 199 Å². The molecule has 174 valence electrons. The van der Waals surface area contributed by atoms with Crippen molar-refractivity contribution in [1.29, 1.82) is 0 Å². The Bertz CT molecular complexity index is 1230. The molecule has 1 saturated heterocycles. The molecule has 0 radical (unpaired) electrons. The van der Waals surface area contributed by atoms with Gasteiger partial charge in [0.2, 0.25) is 0 Å². The number of nitrogens with zero attached hydrogens (tertiary/aromatic N) is 2. The summed E-state index contributed by atoms with van der Waals surface area (Å²) in [5.74, 6) is -0.825. The van der Waals surface area contributed by atoms with E-state index in [0.717, 1.165) is 28.7 Å². The topological polar surface area (TPSA) is 79.7 Å². The van der Waals surface area contributed by atoms with Crippen LogP contribution >= 0.6 is 0 Å². The van der Waals surface area contributed by atoms with Gasteiger partial charge in [-0.2, -0.15) is 0 Å². The number of benzene rings is 2. The van der Waals surface area contributed by atoms with Gasteiger partial charge in [0.25, 0.3) is 11.7 Å². The summed E-state index contributed by atoms with van der Waals surface area (Å²) in [5.41, 5.74) is 3.97. The molecule has 1 fully saturated rings. The highest BCUT2D eigenvalue weighted by molar-refractivity contribution is 6.46. The second-order valence-electron chi connectivity index (χ2n) is 8.52. The van der Waals surface area contributed by atoms with Crippen LogP contribution in [0.2, 0.25) is 0 Å². The highest BCUT2D eigenvalue weighted by Crippen LogP contribution is 2.41. The molecule has 6 nitrogen and oxygen atoms in total. The van der Waals surface area contributed by atoms with Crippen LogP contribution in [-0.2, 0) is 16.1 Å². The molecule has 1 unspecified atom stereocenters. The van der Waals surface area contributed by atoms with Crippen LogP contribution in [0.4, 0.5) is 0 Å². The van der Waals surface area contributed by atoms with Crippen molar-refractivity contribution in [2.24, 2.45) is 0 Å². The first-order chi connectivity index (χ1) is 16.4. The van der Waals surface area contributed by atoms with Crippen LogP contribution in [0, 0.1) is 13.8 Å². The minimum atomic E-state index is -0.712. The number of aromatic nitrogens is 1. The fourth-order valence-corrected chi connectivity index (χ4v) is 4.18. The lowest BCUT2D eigenvalue weighted by atomic mass is 9.93. The molecule has 0 aliphatic carbocycles. The summed E-state index contributed by atoms with van der Waals surface area (Å²) in [7, 11) is 0. The molecule has 0 saturated carbocycles. The number of likely N-dealkylation sites (tertiary alicyclic amines) is 1. The Morgan fingerprint density at radius 1 is 1.09 bits per heavy atom. The number of hydrogen-bond donors (Lipinski definition) is 1. The largest absolute Gasteiger partial charge is 0.507 e. The molecule has 34 heavy (non-hydrogen) atoms. The fourth-order valence-electron chi connectivity index (χ4n) is 4.18. The van der Waals surface area contributed by atoms with Crippen molar-refractivity contribution >= 4 is 17.4 Å². The van der Waals surface area contributed by atoms with Crippen molar-refractivity contribution in [3.8, 4) is 5.75 Å². The average molecular weight is 457 g/mol. The third-order valence-electron chi connectivity index (χ3n) is 5.93. The molecule has 3 aromatic rings. The normalized spacial score (nSPS) is 17.3. The summed E-state index contributed by atoms with van der Waals surface area (Å²) < 4.78 is 5.69. The van der Waals surface area contributed by atoms with Gasteiger partial charge in [0.05, 0.1) is 18.2 Å². The number of hydrogen-bond acceptors (Lipinski definition) is 5. The zero-order chi connectivity index (χ0) is 24.2. The van der Waals surface area contributed by atoms with Gasteiger partial charge in [0, 0.05) is 24.5 Å². The van der Waals surface area contributed by atoms with E-state index < -0.39 is 17.7 Å². The predicted octanol–water partition coefficient (Wildman–Crippen LogP) is 5.11. The van der Waals surface area contributed by atoms with E-state index in [-0.39, 0.29) is 17.9 Å². The number of rotatable bonds is 7. The molecule has 1 aliphatic rings. The van der Waals surface area contributed by atoms with Crippen LogP contribution in [0.1, 0.15) is 47.2 Å². The van der Waals surface area contributed by atoms with Crippen molar-refractivity contribution in [1.82, 2.24) is 9.88 Å². The predicted molar refractivity (Wildman–Crippen MR) is 130 cm³/mol. The van der Waals surface area contributed by atoms with Crippen LogP contribution in [0.15, 0.2) is 72.6 Å². The summed E-state index contributed by atoms with van der Waals surface area (Å²) >= 11 is 0. The number of Topliss-reactive ketones (excluding diaryl/α,β-unsaturated/α-hetero) is 1. The molecular formula is C28H28N2O4. The van der Waals surface area contributed by atoms with Crippen molar-refractivity contribution in [2.45, 2.75) is 39.8 Å². The quantitative estimate of drug-likeness (QED) is 0.304. The van der Waals surface area contributed by atoms with Gasteiger partial charge in [0.1, 0.15) is 11.5 Å². The number of aliphatic hydroxyl groups excluding tert-OH is 1. The Morgan fingerprint density at radius 3 is 2.50 bits per heavy atom. The highest BCUT2D eigenvalue weighted by Gasteiger charge is 2.46. The smallest absolute Gasteiger partial charge is 0.295 e. The molecule has 1 amide bonds. The van der Waals surface area contributed by atoms with E-state index in [1.54, 1.807) is 30.6 Å². The van der Waals surface area contributed by atoms with Gasteiger partial charge in [-0.05, 0) is 61.2 Å². The summed E-state index contributed by atoms with van der Waals surface area (Å²) in [4.78, 5) is 32.0. The lowest BCUT2D eigenvalue weighted by molar-refractivity contribution is -0.140. The summed E-state index contributed by atoms with van der Waals surface area (Å²) in [6, 6.07) is 15.9. The number of aliphatic hydroxyl groups is 1. The van der Waals surface area contributed by atoms with Crippen LogP contribution < -0.4 is 4.74 Å². The van der Waals surface area contributed by atoms with Crippen molar-refractivity contribution in [2.75, 3.05) is 6.61 Å². The van der Waals surface area contributed by atoms with E-state index in [4.69, 9.17) is 4.74 Å². The first-order valence-corrected chi connectivity index (χ1v) is 11.4. The number of carbonyl (C=O) groups is 2. The Morgan fingerprint density at radius 2 is 1.85 bits per heavy atom. The molecule has 4 rings (SSSR count). The highest BCUT2D eigenvalue weighted by atomic mass is 16.5. The molecule has 2 aromatic carbocycles. The van der Waals surface area contributed by atoms with Gasteiger partial charge < -0.3 is 14.7 Å². The SMILES string of the molecule is CCCOc1ccc(/C(O)=C2/C(=O)C(=O)N(Cc3cccnc3)C2c2ccc(C)cc2)c(C)c1. The Hall–Kier alpha value is -3.93. The van der Waals surface area contributed by atoms with Gasteiger partial charge in [-0.3, -0.25) is 14.6 Å². The number of ether oxygens (including phenoxy) is 1. The number of pyridine rings is 1. The van der Waals surface area contributed by atoms with Gasteiger partial charge in [-0.1, -0.05) is 42.8 Å². The summed E-state index contributed by atoms with van der Waals surface area (Å²) in [5, 5.41) is 11.4. The van der Waals surface area contributed by atoms with Crippen LogP contribution in [-0.4, -0.2) is 33.3 Å². The third kappa shape index (κ3) is 4.57. The molecule has 1 atom stereocenters. The molecule has 0 bridgehead atoms. The van der Waals surface area contributed by atoms with Crippen molar-refractivity contribution in [3.63, 3.8) is 0 Å². The first kappa shape index (κ1) is 23.2. The number of carbonyl (C=O) groups excluding carboxylic acids is 2. The Balaban J connectivity index is 1.82. The van der Waals surface area contributed by atoms with E-state index in [0.29, 0.717) is 17.9 Å². The average Bonchev–Trinajstić information content (AvgIpc) is 3.08. The monoisotopic (exact) mass is 456 g/mol. The van der Waals surface area contributed by atoms with Crippen molar-refractivity contribution < 1.29 is 19.4 Å². The van der Waals surface area contributed by atoms with Gasteiger partial charge in [0.15, 0.2) is 0 Å². The zero-order valence-electron chi connectivity index (χ0n) is 19.6. The van der Waals surface area contributed by atoms with E-state index in [1.807, 2.05) is 57.2 Å². The zero-order valence-corrected chi connectivity index (χ0v) is 19.6. The second kappa shape index (κ2) is 9.91. The molecule has 1 aromatic heterocycles. The van der Waals surface area contributed by atoms with Gasteiger partial charge in [-0.25, -0.2) is 0 Å². The van der Waals surface area contributed by atoms with Crippen LogP contribution in [0.25, 0.3) is 5.76 Å². The van der Waals surface area contributed by atoms with E-state index >= 15 is 0 Å². The minimum Gasteiger partial charge on any atom is -0.507 e. The third-order valence-corrected chi connectivity index (χ3v) is 5.93. The maximum atomic E-state index is 13.2. The Kier molecular flexibility index (Phi) is 6.77.